The van der Waals surface area contributed by atoms with E-state index < -0.39 is 26.4 Å². The molecule has 2 aliphatic heterocycles. The van der Waals surface area contributed by atoms with E-state index in [4.69, 9.17) is 11.6 Å². The highest BCUT2D eigenvalue weighted by Gasteiger charge is 2.35. The van der Waals surface area contributed by atoms with Gasteiger partial charge < -0.3 is 9.80 Å². The van der Waals surface area contributed by atoms with Crippen LogP contribution < -0.4 is 4.90 Å². The second-order valence-electron chi connectivity index (χ2n) is 13.8. The molecule has 0 N–H and O–H groups in total. The van der Waals surface area contributed by atoms with E-state index in [1.165, 1.54) is 0 Å². The Kier molecular flexibility index (Phi) is 12.3. The van der Waals surface area contributed by atoms with Crippen LogP contribution in [-0.2, 0) is 33.2 Å². The minimum absolute atomic E-state index is 0.214. The van der Waals surface area contributed by atoms with Crippen LogP contribution in [0.25, 0.3) is 0 Å². The van der Waals surface area contributed by atoms with Crippen molar-refractivity contribution in [3.8, 4) is 0 Å². The molecule has 1 aliphatic carbocycles. The highest BCUT2D eigenvalue weighted by Crippen LogP contribution is 2.29. The monoisotopic (exact) mass is 711 g/mol. The lowest BCUT2D eigenvalue weighted by molar-refractivity contribution is 0.149. The fourth-order valence-electron chi connectivity index (χ4n) is 7.19. The number of fused-ring (bicyclic) bond motifs is 1. The van der Waals surface area contributed by atoms with Crippen LogP contribution in [0.2, 0.25) is 5.02 Å². The zero-order valence-corrected chi connectivity index (χ0v) is 30.4. The van der Waals surface area contributed by atoms with Gasteiger partial charge in [-0.25, -0.2) is 12.8 Å². The predicted molar refractivity (Wildman–Crippen MR) is 187 cm³/mol. The first-order chi connectivity index (χ1) is 22.3. The molecule has 0 radical (unpaired) electrons. The lowest BCUT2D eigenvalue weighted by Gasteiger charge is -2.36. The summed E-state index contributed by atoms with van der Waals surface area (Å²) in [4.78, 5) is 4.50. The summed E-state index contributed by atoms with van der Waals surface area (Å²) in [5.74, 6) is 0.162. The molecule has 0 amide bonds. The maximum atomic E-state index is 14.2. The maximum Gasteiger partial charge on any atom is 0.282 e. The molecule has 0 unspecified atom stereocenters. The van der Waals surface area contributed by atoms with Crippen LogP contribution in [-0.4, -0.2) is 107 Å². The van der Waals surface area contributed by atoms with Gasteiger partial charge in [-0.05, 0) is 117 Å². The van der Waals surface area contributed by atoms with Gasteiger partial charge in [0.05, 0.1) is 4.90 Å². The van der Waals surface area contributed by atoms with Crippen molar-refractivity contribution >= 4 is 37.5 Å². The van der Waals surface area contributed by atoms with E-state index in [0.29, 0.717) is 75.8 Å². The number of sulfonamides is 1. The molecule has 262 valence electrons. The van der Waals surface area contributed by atoms with Gasteiger partial charge in [0, 0.05) is 70.6 Å². The van der Waals surface area contributed by atoms with Crippen LogP contribution in [0.4, 0.5) is 10.1 Å². The quantitative estimate of drug-likeness (QED) is 0.390. The summed E-state index contributed by atoms with van der Waals surface area (Å²) < 4.78 is 75.1. The first-order valence-electron chi connectivity index (χ1n) is 17.0. The van der Waals surface area contributed by atoms with Crippen molar-refractivity contribution in [2.75, 3.05) is 71.4 Å². The van der Waals surface area contributed by atoms with E-state index in [1.54, 1.807) is 43.2 Å². The van der Waals surface area contributed by atoms with Crippen LogP contribution in [0.3, 0.4) is 0 Å². The van der Waals surface area contributed by atoms with E-state index >= 15 is 0 Å². The summed E-state index contributed by atoms with van der Waals surface area (Å²) in [6, 6.07) is 12.5. The van der Waals surface area contributed by atoms with Crippen LogP contribution in [0.1, 0.15) is 56.6 Å². The van der Waals surface area contributed by atoms with Crippen LogP contribution in [0.5, 0.6) is 0 Å². The molecule has 2 fully saturated rings. The van der Waals surface area contributed by atoms with Gasteiger partial charge in [-0.3, -0.25) is 0 Å². The molecule has 1 saturated heterocycles. The highest BCUT2D eigenvalue weighted by molar-refractivity contribution is 7.89. The van der Waals surface area contributed by atoms with E-state index in [1.807, 2.05) is 38.1 Å². The van der Waals surface area contributed by atoms with Gasteiger partial charge in [-0.1, -0.05) is 24.6 Å². The first kappa shape index (κ1) is 36.5. The third-order valence-corrected chi connectivity index (χ3v) is 13.9. The number of anilines is 1. The summed E-state index contributed by atoms with van der Waals surface area (Å²) in [7, 11) is -3.83. The third-order valence-electron chi connectivity index (χ3n) is 9.88. The van der Waals surface area contributed by atoms with E-state index in [0.717, 1.165) is 36.2 Å². The second kappa shape index (κ2) is 15.8. The molecule has 0 spiro atoms. The van der Waals surface area contributed by atoms with E-state index in [2.05, 4.69) is 4.90 Å². The standard InChI is InChI=1S/C34H51ClFN5O4S2/c1-27-23-39(46(42,43)34-14-12-33(13-15-34)37(2)3)19-4-17-38(25-28-6-10-32(36)11-7-28)18-5-20-40(24-27)47(44,45)41-21-16-29-22-31(35)9-8-30(29)26-41/h8-9,12-15,22,27-28,32H,4-7,10-11,16-21,23-26H2,1-3H3/t27-,28?,32?/m0/s1. The van der Waals surface area contributed by atoms with Crippen molar-refractivity contribution in [3.63, 3.8) is 0 Å². The average molecular weight is 712 g/mol. The molecule has 2 aromatic rings. The predicted octanol–water partition coefficient (Wildman–Crippen LogP) is 5.26. The Morgan fingerprint density at radius 2 is 1.45 bits per heavy atom. The Balaban J connectivity index is 1.38. The van der Waals surface area contributed by atoms with E-state index in [-0.39, 0.29) is 30.4 Å². The van der Waals surface area contributed by atoms with Crippen molar-refractivity contribution < 1.29 is 21.2 Å². The molecular weight excluding hydrogens is 661 g/mol. The third kappa shape index (κ3) is 9.26. The van der Waals surface area contributed by atoms with Gasteiger partial charge in [0.15, 0.2) is 0 Å². The van der Waals surface area contributed by atoms with Gasteiger partial charge in [0.2, 0.25) is 10.0 Å². The minimum Gasteiger partial charge on any atom is -0.378 e. The molecule has 9 nitrogen and oxygen atoms in total. The SMILES string of the molecule is C[C@H]1CN(S(=O)(=O)c2ccc(N(C)C)cc2)CCCN(CC2CCC(F)CC2)CCCN(S(=O)(=O)N2CCc3cc(Cl)ccc3C2)C1. The van der Waals surface area contributed by atoms with Gasteiger partial charge in [-0.2, -0.15) is 21.3 Å². The summed E-state index contributed by atoms with van der Waals surface area (Å²) in [5, 5.41) is 0.646. The topological polar surface area (TPSA) is 84.5 Å². The number of hydrogen-bond donors (Lipinski definition) is 0. The number of rotatable bonds is 7. The molecular formula is C34H51ClFN5O4S2. The van der Waals surface area contributed by atoms with Crippen molar-refractivity contribution in [2.45, 2.75) is 69.5 Å². The summed E-state index contributed by atoms with van der Waals surface area (Å²) >= 11 is 6.20. The van der Waals surface area contributed by atoms with Crippen molar-refractivity contribution in [2.24, 2.45) is 11.8 Å². The lowest BCUT2D eigenvalue weighted by atomic mass is 9.87. The number of hydrogen-bond acceptors (Lipinski definition) is 6. The van der Waals surface area contributed by atoms with Crippen LogP contribution in [0, 0.1) is 11.8 Å². The lowest BCUT2D eigenvalue weighted by Crippen LogP contribution is -2.49. The molecule has 2 aromatic carbocycles. The van der Waals surface area contributed by atoms with Gasteiger partial charge >= 0.3 is 0 Å². The zero-order valence-electron chi connectivity index (χ0n) is 28.0. The Bertz CT molecular complexity index is 1550. The van der Waals surface area contributed by atoms with Crippen molar-refractivity contribution in [1.82, 2.24) is 17.8 Å². The molecule has 0 aromatic heterocycles. The largest absolute Gasteiger partial charge is 0.378 e. The molecule has 2 heterocycles. The number of nitrogens with zero attached hydrogens (tertiary/aromatic N) is 5. The minimum atomic E-state index is -3.83. The molecule has 0 bridgehead atoms. The van der Waals surface area contributed by atoms with Crippen LogP contribution in [0.15, 0.2) is 47.4 Å². The number of benzene rings is 2. The van der Waals surface area contributed by atoms with Gasteiger partial charge in [0.1, 0.15) is 6.17 Å². The molecule has 13 heteroatoms. The Labute approximate surface area is 286 Å². The fourth-order valence-corrected chi connectivity index (χ4v) is 10.7. The number of halogens is 2. The van der Waals surface area contributed by atoms with Gasteiger partial charge in [0.25, 0.3) is 10.2 Å². The van der Waals surface area contributed by atoms with Crippen molar-refractivity contribution in [3.05, 3.63) is 58.6 Å². The average Bonchev–Trinajstić information content (AvgIpc) is 3.03. The second-order valence-corrected chi connectivity index (χ2v) is 18.1. The molecule has 5 rings (SSSR count). The molecule has 47 heavy (non-hydrogen) atoms. The summed E-state index contributed by atoms with van der Waals surface area (Å²) in [6.07, 6.45) is 4.08. The highest BCUT2D eigenvalue weighted by atomic mass is 35.5. The number of alkyl halides is 1. The molecule has 3 aliphatic rings. The maximum absolute atomic E-state index is 14.2. The fraction of sp³-hybridized carbons (Fsp3) is 0.647. The molecule has 1 saturated carbocycles. The van der Waals surface area contributed by atoms with Crippen LogP contribution >= 0.6 is 11.6 Å². The zero-order chi connectivity index (χ0) is 33.8. The summed E-state index contributed by atoms with van der Waals surface area (Å²) in [6.45, 7) is 5.94. The van der Waals surface area contributed by atoms with Gasteiger partial charge in [-0.15, -0.1) is 0 Å². The Morgan fingerprint density at radius 3 is 2.11 bits per heavy atom. The summed E-state index contributed by atoms with van der Waals surface area (Å²) in [5.41, 5.74) is 2.94. The van der Waals surface area contributed by atoms with E-state index in [9.17, 15) is 21.2 Å². The Morgan fingerprint density at radius 1 is 0.809 bits per heavy atom. The molecule has 1 atom stereocenters. The normalized spacial score (nSPS) is 25.4. The van der Waals surface area contributed by atoms with Crippen molar-refractivity contribution in [1.29, 1.82) is 0 Å². The Hall–Kier alpha value is -1.80. The first-order valence-corrected chi connectivity index (χ1v) is 20.2. The smallest absolute Gasteiger partial charge is 0.282 e.